The molecule has 12 heavy (non-hydrogen) atoms. The van der Waals surface area contributed by atoms with Crippen LogP contribution < -0.4 is 0 Å². The zero-order valence-corrected chi connectivity index (χ0v) is 8.69. The molecule has 1 unspecified atom stereocenters. The van der Waals surface area contributed by atoms with E-state index in [1.807, 2.05) is 19.9 Å². The Morgan fingerprint density at radius 1 is 1.58 bits per heavy atom. The topological polar surface area (TPSA) is 26.3 Å². The van der Waals surface area contributed by atoms with Gasteiger partial charge in [-0.25, -0.2) is 0 Å². The summed E-state index contributed by atoms with van der Waals surface area (Å²) in [5.74, 6) is -0.0919. The van der Waals surface area contributed by atoms with E-state index in [2.05, 4.69) is 10.8 Å². The SMILES string of the molecule is CC=CCCC(C)C(=O)OC.Cl. The number of carbonyl (C=O) groups is 1. The average molecular weight is 193 g/mol. The lowest BCUT2D eigenvalue weighted by Crippen LogP contribution is -2.11. The highest BCUT2D eigenvalue weighted by Crippen LogP contribution is 2.07. The van der Waals surface area contributed by atoms with Crippen LogP contribution in [0.4, 0.5) is 0 Å². The second-order valence-electron chi connectivity index (χ2n) is 2.57. The van der Waals surface area contributed by atoms with Gasteiger partial charge in [0.1, 0.15) is 0 Å². The highest BCUT2D eigenvalue weighted by atomic mass is 35.5. The van der Waals surface area contributed by atoms with Crippen LogP contribution in [0.25, 0.3) is 0 Å². The van der Waals surface area contributed by atoms with Crippen molar-refractivity contribution in [3.63, 3.8) is 0 Å². The molecule has 1 atom stereocenters. The highest BCUT2D eigenvalue weighted by Gasteiger charge is 2.10. The molecular formula is C9H17ClO2. The lowest BCUT2D eigenvalue weighted by Gasteiger charge is -2.05. The maximum Gasteiger partial charge on any atom is 0.308 e. The predicted molar refractivity (Wildman–Crippen MR) is 52.5 cm³/mol. The van der Waals surface area contributed by atoms with Crippen LogP contribution in [0.3, 0.4) is 0 Å². The smallest absolute Gasteiger partial charge is 0.308 e. The van der Waals surface area contributed by atoms with Gasteiger partial charge in [-0.15, -0.1) is 12.4 Å². The van der Waals surface area contributed by atoms with Gasteiger partial charge in [0.15, 0.2) is 0 Å². The first kappa shape index (κ1) is 14.0. The van der Waals surface area contributed by atoms with E-state index in [-0.39, 0.29) is 24.3 Å². The molecule has 72 valence electrons. The molecule has 0 aliphatic heterocycles. The summed E-state index contributed by atoms with van der Waals surface area (Å²) in [5.41, 5.74) is 0. The summed E-state index contributed by atoms with van der Waals surface area (Å²) in [6, 6.07) is 0. The zero-order valence-electron chi connectivity index (χ0n) is 7.87. The lowest BCUT2D eigenvalue weighted by molar-refractivity contribution is -0.144. The maximum absolute atomic E-state index is 10.9. The monoisotopic (exact) mass is 192 g/mol. The fourth-order valence-corrected chi connectivity index (χ4v) is 0.832. The normalized spacial score (nSPS) is 12.2. The Labute approximate surface area is 80.4 Å². The van der Waals surface area contributed by atoms with E-state index in [1.165, 1.54) is 7.11 Å². The maximum atomic E-state index is 10.9. The fraction of sp³-hybridized carbons (Fsp3) is 0.667. The Hall–Kier alpha value is -0.500. The first-order chi connectivity index (χ1) is 5.22. The number of carbonyl (C=O) groups excluding carboxylic acids is 1. The van der Waals surface area contributed by atoms with Crippen molar-refractivity contribution >= 4 is 18.4 Å². The Morgan fingerprint density at radius 3 is 2.58 bits per heavy atom. The summed E-state index contributed by atoms with van der Waals surface area (Å²) in [6.45, 7) is 3.86. The number of halogens is 1. The van der Waals surface area contributed by atoms with E-state index in [9.17, 15) is 4.79 Å². The van der Waals surface area contributed by atoms with Crippen molar-refractivity contribution in [1.82, 2.24) is 0 Å². The number of rotatable bonds is 4. The number of allylic oxidation sites excluding steroid dienone is 2. The predicted octanol–water partition coefficient (Wildman–Crippen LogP) is 2.57. The third kappa shape index (κ3) is 6.23. The van der Waals surface area contributed by atoms with Crippen LogP contribution in [-0.2, 0) is 9.53 Å². The second-order valence-corrected chi connectivity index (χ2v) is 2.57. The van der Waals surface area contributed by atoms with E-state index in [1.54, 1.807) is 0 Å². The van der Waals surface area contributed by atoms with Gasteiger partial charge in [-0.05, 0) is 19.8 Å². The number of hydrogen-bond donors (Lipinski definition) is 0. The largest absolute Gasteiger partial charge is 0.469 e. The molecule has 0 aliphatic carbocycles. The Bertz CT molecular complexity index is 143. The van der Waals surface area contributed by atoms with Crippen molar-refractivity contribution in [3.05, 3.63) is 12.2 Å². The van der Waals surface area contributed by atoms with Gasteiger partial charge in [0.05, 0.1) is 13.0 Å². The van der Waals surface area contributed by atoms with Crippen LogP contribution in [0, 0.1) is 5.92 Å². The first-order valence-corrected chi connectivity index (χ1v) is 3.91. The first-order valence-electron chi connectivity index (χ1n) is 3.91. The molecule has 3 heteroatoms. The van der Waals surface area contributed by atoms with Gasteiger partial charge < -0.3 is 4.74 Å². The van der Waals surface area contributed by atoms with Gasteiger partial charge in [0, 0.05) is 0 Å². The molecule has 0 radical (unpaired) electrons. The molecule has 0 bridgehead atoms. The average Bonchev–Trinajstić information content (AvgIpc) is 2.03. The molecule has 0 heterocycles. The van der Waals surface area contributed by atoms with Crippen molar-refractivity contribution in [1.29, 1.82) is 0 Å². The molecule has 0 N–H and O–H groups in total. The molecule has 2 nitrogen and oxygen atoms in total. The fourth-order valence-electron chi connectivity index (χ4n) is 0.832. The molecule has 0 spiro atoms. The van der Waals surface area contributed by atoms with Crippen LogP contribution in [0.5, 0.6) is 0 Å². The van der Waals surface area contributed by atoms with Crippen molar-refractivity contribution in [3.8, 4) is 0 Å². The molecule has 0 amide bonds. The number of hydrogen-bond acceptors (Lipinski definition) is 2. The summed E-state index contributed by atoms with van der Waals surface area (Å²) in [4.78, 5) is 10.9. The number of esters is 1. The molecule has 0 aromatic rings. The van der Waals surface area contributed by atoms with E-state index < -0.39 is 0 Å². The van der Waals surface area contributed by atoms with Gasteiger partial charge in [-0.2, -0.15) is 0 Å². The molecule has 0 aliphatic rings. The van der Waals surface area contributed by atoms with E-state index in [0.717, 1.165) is 12.8 Å². The van der Waals surface area contributed by atoms with Crippen molar-refractivity contribution in [2.45, 2.75) is 26.7 Å². The third-order valence-electron chi connectivity index (χ3n) is 1.61. The Morgan fingerprint density at radius 2 is 2.17 bits per heavy atom. The number of methoxy groups -OCH3 is 1. The van der Waals surface area contributed by atoms with Crippen molar-refractivity contribution < 1.29 is 9.53 Å². The third-order valence-corrected chi connectivity index (χ3v) is 1.61. The minimum atomic E-state index is -0.116. The quantitative estimate of drug-likeness (QED) is 0.506. The van der Waals surface area contributed by atoms with Gasteiger partial charge in [-0.1, -0.05) is 19.1 Å². The van der Waals surface area contributed by atoms with Crippen molar-refractivity contribution in [2.75, 3.05) is 7.11 Å². The molecule has 0 aromatic heterocycles. The van der Waals surface area contributed by atoms with Crippen LogP contribution in [-0.4, -0.2) is 13.1 Å². The summed E-state index contributed by atoms with van der Waals surface area (Å²) in [7, 11) is 1.43. The van der Waals surface area contributed by atoms with Gasteiger partial charge >= 0.3 is 5.97 Å². The number of ether oxygens (including phenoxy) is 1. The molecule has 0 aromatic carbocycles. The van der Waals surface area contributed by atoms with Crippen molar-refractivity contribution in [2.24, 2.45) is 5.92 Å². The lowest BCUT2D eigenvalue weighted by atomic mass is 10.1. The molecule has 0 rings (SSSR count). The molecule has 0 fully saturated rings. The van der Waals surface area contributed by atoms with Crippen LogP contribution in [0.1, 0.15) is 26.7 Å². The summed E-state index contributed by atoms with van der Waals surface area (Å²) in [5, 5.41) is 0. The van der Waals surface area contributed by atoms with Crippen LogP contribution in [0.2, 0.25) is 0 Å². The minimum absolute atomic E-state index is 0. The zero-order chi connectivity index (χ0) is 8.69. The standard InChI is InChI=1S/C9H16O2.ClH/c1-4-5-6-7-8(2)9(10)11-3;/h4-5,8H,6-7H2,1-3H3;1H. The van der Waals surface area contributed by atoms with E-state index >= 15 is 0 Å². The molecule has 0 saturated carbocycles. The van der Waals surface area contributed by atoms with Gasteiger partial charge in [-0.3, -0.25) is 4.79 Å². The molecular weight excluding hydrogens is 176 g/mol. The summed E-state index contributed by atoms with van der Waals surface area (Å²) < 4.78 is 4.58. The highest BCUT2D eigenvalue weighted by molar-refractivity contribution is 5.85. The van der Waals surface area contributed by atoms with Gasteiger partial charge in [0.2, 0.25) is 0 Å². The van der Waals surface area contributed by atoms with Crippen LogP contribution >= 0.6 is 12.4 Å². The van der Waals surface area contributed by atoms with Crippen LogP contribution in [0.15, 0.2) is 12.2 Å². The van der Waals surface area contributed by atoms with Gasteiger partial charge in [0.25, 0.3) is 0 Å². The minimum Gasteiger partial charge on any atom is -0.469 e. The Balaban J connectivity index is 0. The Kier molecular flexibility index (Phi) is 10.1. The molecule has 0 saturated heterocycles. The summed E-state index contributed by atoms with van der Waals surface area (Å²) in [6.07, 6.45) is 5.87. The summed E-state index contributed by atoms with van der Waals surface area (Å²) >= 11 is 0. The van der Waals surface area contributed by atoms with E-state index in [4.69, 9.17) is 0 Å². The van der Waals surface area contributed by atoms with E-state index in [0.29, 0.717) is 0 Å². The second kappa shape index (κ2) is 8.60.